The minimum Gasteiger partial charge on any atom is -0.298 e. The number of aldehydes is 2. The number of rotatable bonds is 5. The number of pyridine rings is 1. The Bertz CT molecular complexity index is 1440. The molecule has 0 aliphatic heterocycles. The van der Waals surface area contributed by atoms with Gasteiger partial charge in [0.05, 0.1) is 11.2 Å². The lowest BCUT2D eigenvalue weighted by atomic mass is 9.95. The van der Waals surface area contributed by atoms with E-state index < -0.39 is 0 Å². The number of aromatic nitrogens is 1. The number of hydrogen-bond acceptors (Lipinski definition) is 3. The van der Waals surface area contributed by atoms with Gasteiger partial charge < -0.3 is 0 Å². The summed E-state index contributed by atoms with van der Waals surface area (Å²) in [4.78, 5) is 27.2. The van der Waals surface area contributed by atoms with Crippen LogP contribution in [0.2, 0.25) is 0 Å². The molecule has 1 aromatic heterocycles. The Hall–Kier alpha value is -4.37. The fourth-order valence-electron chi connectivity index (χ4n) is 3.93. The van der Waals surface area contributed by atoms with Gasteiger partial charge in [0.2, 0.25) is 0 Å². The molecule has 0 amide bonds. The Morgan fingerprint density at radius 2 is 1.25 bits per heavy atom. The lowest BCUT2D eigenvalue weighted by Crippen LogP contribution is -1.92. The van der Waals surface area contributed by atoms with Crippen LogP contribution in [0.4, 0.5) is 0 Å². The first-order valence-electron chi connectivity index (χ1n) is 10.4. The second kappa shape index (κ2) is 8.40. The van der Waals surface area contributed by atoms with Gasteiger partial charge in [0.1, 0.15) is 12.6 Å². The Morgan fingerprint density at radius 1 is 0.531 bits per heavy atom. The number of hydrogen-bond donors (Lipinski definition) is 0. The fourth-order valence-corrected chi connectivity index (χ4v) is 3.93. The summed E-state index contributed by atoms with van der Waals surface area (Å²) in [6.45, 7) is 0. The number of carbonyl (C=O) groups is 2. The third-order valence-electron chi connectivity index (χ3n) is 5.61. The Balaban J connectivity index is 1.59. The highest BCUT2D eigenvalue weighted by molar-refractivity contribution is 5.91. The van der Waals surface area contributed by atoms with E-state index in [-0.39, 0.29) is 0 Å². The summed E-state index contributed by atoms with van der Waals surface area (Å²) in [6, 6.07) is 33.6. The molecule has 0 bridgehead atoms. The first-order valence-corrected chi connectivity index (χ1v) is 10.4. The van der Waals surface area contributed by atoms with Crippen LogP contribution >= 0.6 is 0 Å². The maximum atomic E-state index is 11.4. The number of benzene rings is 4. The highest BCUT2D eigenvalue weighted by Crippen LogP contribution is 2.33. The number of carbonyl (C=O) groups excluding carboxylic acids is 2. The van der Waals surface area contributed by atoms with Crippen molar-refractivity contribution in [1.29, 1.82) is 0 Å². The quantitative estimate of drug-likeness (QED) is 0.296. The van der Waals surface area contributed by atoms with Gasteiger partial charge in [-0.2, -0.15) is 0 Å². The third-order valence-corrected chi connectivity index (χ3v) is 5.61. The summed E-state index contributed by atoms with van der Waals surface area (Å²) in [6.07, 6.45) is 1.71. The summed E-state index contributed by atoms with van der Waals surface area (Å²) in [5.41, 5.74) is 8.14. The topological polar surface area (TPSA) is 47.0 Å². The molecule has 0 aliphatic carbocycles. The van der Waals surface area contributed by atoms with E-state index in [1.165, 1.54) is 0 Å². The van der Waals surface area contributed by atoms with Gasteiger partial charge in [-0.25, -0.2) is 4.98 Å². The zero-order chi connectivity index (χ0) is 21.9. The van der Waals surface area contributed by atoms with Crippen molar-refractivity contribution in [2.75, 3.05) is 0 Å². The van der Waals surface area contributed by atoms with E-state index in [4.69, 9.17) is 4.98 Å². The molecule has 0 unspecified atom stereocenters. The van der Waals surface area contributed by atoms with Crippen molar-refractivity contribution in [3.63, 3.8) is 0 Å². The predicted molar refractivity (Wildman–Crippen MR) is 129 cm³/mol. The van der Waals surface area contributed by atoms with Crippen molar-refractivity contribution in [2.24, 2.45) is 0 Å². The molecular weight excluding hydrogens is 394 g/mol. The molecule has 0 spiro atoms. The molecule has 1 heterocycles. The second-order valence-electron chi connectivity index (χ2n) is 7.63. The molecular formula is C29H19NO2. The summed E-state index contributed by atoms with van der Waals surface area (Å²) in [5.74, 6) is 0. The van der Waals surface area contributed by atoms with Crippen LogP contribution < -0.4 is 0 Å². The highest BCUT2D eigenvalue weighted by atomic mass is 16.1. The maximum Gasteiger partial charge on any atom is 0.150 e. The standard InChI is InChI=1S/C29H19NO2/c31-18-20-6-9-22(10-7-20)24-11-14-28-25(17-24)12-15-29(30-28)27-16-21(19-32)8-13-26(27)23-4-2-1-3-5-23/h1-19H. The minimum absolute atomic E-state index is 0.621. The highest BCUT2D eigenvalue weighted by Gasteiger charge is 2.11. The summed E-state index contributed by atoms with van der Waals surface area (Å²) in [5, 5.41) is 1.03. The van der Waals surface area contributed by atoms with Gasteiger partial charge in [-0.3, -0.25) is 9.59 Å². The first-order chi connectivity index (χ1) is 15.7. The molecule has 4 aromatic carbocycles. The van der Waals surface area contributed by atoms with E-state index in [1.807, 2.05) is 78.9 Å². The minimum atomic E-state index is 0.621. The van der Waals surface area contributed by atoms with Crippen LogP contribution in [-0.2, 0) is 0 Å². The van der Waals surface area contributed by atoms with E-state index in [2.05, 4.69) is 24.3 Å². The molecule has 5 aromatic rings. The van der Waals surface area contributed by atoms with Gasteiger partial charge in [-0.1, -0.05) is 78.9 Å². The lowest BCUT2D eigenvalue weighted by Gasteiger charge is -2.12. The van der Waals surface area contributed by atoms with E-state index in [0.717, 1.165) is 57.0 Å². The van der Waals surface area contributed by atoms with Crippen LogP contribution in [0.3, 0.4) is 0 Å². The summed E-state index contributed by atoms with van der Waals surface area (Å²) in [7, 11) is 0. The fraction of sp³-hybridized carbons (Fsp3) is 0. The lowest BCUT2D eigenvalue weighted by molar-refractivity contribution is 0.111. The Morgan fingerprint density at radius 3 is 2.00 bits per heavy atom. The van der Waals surface area contributed by atoms with Gasteiger partial charge in [-0.15, -0.1) is 0 Å². The molecule has 0 saturated heterocycles. The molecule has 0 radical (unpaired) electrons. The first kappa shape index (κ1) is 19.6. The monoisotopic (exact) mass is 413 g/mol. The number of fused-ring (bicyclic) bond motifs is 1. The molecule has 0 N–H and O–H groups in total. The Labute approximate surface area is 186 Å². The van der Waals surface area contributed by atoms with Crippen molar-refractivity contribution in [2.45, 2.75) is 0 Å². The third kappa shape index (κ3) is 3.72. The van der Waals surface area contributed by atoms with Gasteiger partial charge in [0.25, 0.3) is 0 Å². The molecule has 3 nitrogen and oxygen atoms in total. The molecule has 0 atom stereocenters. The van der Waals surface area contributed by atoms with E-state index >= 15 is 0 Å². The smallest absolute Gasteiger partial charge is 0.150 e. The predicted octanol–water partition coefficient (Wildman–Crippen LogP) is 6.86. The molecule has 32 heavy (non-hydrogen) atoms. The van der Waals surface area contributed by atoms with E-state index in [9.17, 15) is 9.59 Å². The Kier molecular flexibility index (Phi) is 5.14. The molecule has 152 valence electrons. The van der Waals surface area contributed by atoms with Crippen molar-refractivity contribution < 1.29 is 9.59 Å². The largest absolute Gasteiger partial charge is 0.298 e. The number of nitrogens with zero attached hydrogens (tertiary/aromatic N) is 1. The van der Waals surface area contributed by atoms with Gasteiger partial charge >= 0.3 is 0 Å². The van der Waals surface area contributed by atoms with E-state index in [0.29, 0.717) is 11.1 Å². The van der Waals surface area contributed by atoms with Crippen molar-refractivity contribution in [3.8, 4) is 33.5 Å². The summed E-state index contributed by atoms with van der Waals surface area (Å²) < 4.78 is 0. The molecule has 0 saturated carbocycles. The zero-order valence-electron chi connectivity index (χ0n) is 17.2. The van der Waals surface area contributed by atoms with E-state index in [1.54, 1.807) is 0 Å². The van der Waals surface area contributed by atoms with Crippen LogP contribution in [0.15, 0.2) is 103 Å². The van der Waals surface area contributed by atoms with Crippen LogP contribution in [0.5, 0.6) is 0 Å². The van der Waals surface area contributed by atoms with Gasteiger partial charge in [0.15, 0.2) is 0 Å². The van der Waals surface area contributed by atoms with Crippen LogP contribution in [0.1, 0.15) is 20.7 Å². The second-order valence-corrected chi connectivity index (χ2v) is 7.63. The van der Waals surface area contributed by atoms with Crippen LogP contribution in [0.25, 0.3) is 44.4 Å². The average molecular weight is 413 g/mol. The van der Waals surface area contributed by atoms with Gasteiger partial charge in [0, 0.05) is 22.1 Å². The summed E-state index contributed by atoms with van der Waals surface area (Å²) >= 11 is 0. The van der Waals surface area contributed by atoms with Crippen molar-refractivity contribution in [3.05, 3.63) is 114 Å². The van der Waals surface area contributed by atoms with Crippen molar-refractivity contribution in [1.82, 2.24) is 4.98 Å². The molecule has 3 heteroatoms. The van der Waals surface area contributed by atoms with Crippen LogP contribution in [0, 0.1) is 0 Å². The zero-order valence-corrected chi connectivity index (χ0v) is 17.2. The van der Waals surface area contributed by atoms with Crippen LogP contribution in [-0.4, -0.2) is 17.6 Å². The normalized spacial score (nSPS) is 10.8. The van der Waals surface area contributed by atoms with Gasteiger partial charge in [-0.05, 0) is 46.5 Å². The van der Waals surface area contributed by atoms with Crippen molar-refractivity contribution >= 4 is 23.5 Å². The molecule has 0 aliphatic rings. The molecule has 0 fully saturated rings. The molecule has 5 rings (SSSR count). The maximum absolute atomic E-state index is 11.4. The SMILES string of the molecule is O=Cc1ccc(-c2ccc3nc(-c4cc(C=O)ccc4-c4ccccc4)ccc3c2)cc1. The average Bonchev–Trinajstić information content (AvgIpc) is 2.88.